The number of carbonyl (C=O) groups excluding carboxylic acids is 1. The van der Waals surface area contributed by atoms with Gasteiger partial charge in [0.05, 0.1) is 27.7 Å². The number of hydrogen-bond donors (Lipinski definition) is 5. The smallest absolute Gasteiger partial charge is 0.393 e. The number of nitrogens with one attached hydrogen (secondary N) is 3. The molecule has 2 bridgehead atoms. The Morgan fingerprint density at radius 2 is 1.94 bits per heavy atom. The molecule has 2 aromatic heterocycles. The lowest BCUT2D eigenvalue weighted by Gasteiger charge is -2.24. The zero-order chi connectivity index (χ0) is 37.3. The summed E-state index contributed by atoms with van der Waals surface area (Å²) in [7, 11) is 0. The first-order valence-electron chi connectivity index (χ1n) is 17.3. The van der Waals surface area contributed by atoms with Crippen LogP contribution in [0.25, 0.3) is 32.9 Å². The second-order valence-electron chi connectivity index (χ2n) is 13.8. The molecule has 1 unspecified atom stereocenters. The van der Waals surface area contributed by atoms with Crippen molar-refractivity contribution in [3.63, 3.8) is 0 Å². The van der Waals surface area contributed by atoms with Crippen LogP contribution in [0.2, 0.25) is 10.0 Å². The highest BCUT2D eigenvalue weighted by atomic mass is 35.5. The molecular weight excluding hydrogens is 719 g/mol. The molecule has 5 aliphatic rings. The van der Waals surface area contributed by atoms with E-state index in [0.717, 1.165) is 60.8 Å². The summed E-state index contributed by atoms with van der Waals surface area (Å²) in [5, 5.41) is 14.8. The van der Waals surface area contributed by atoms with Crippen molar-refractivity contribution in [1.82, 2.24) is 25.6 Å². The van der Waals surface area contributed by atoms with Gasteiger partial charge in [-0.3, -0.25) is 10.6 Å². The van der Waals surface area contributed by atoms with Gasteiger partial charge >= 0.3 is 6.18 Å². The van der Waals surface area contributed by atoms with Crippen LogP contribution in [0.1, 0.15) is 67.9 Å². The number of hydrazine groups is 1. The van der Waals surface area contributed by atoms with Crippen LogP contribution in [0, 0.1) is 35.9 Å². The number of nitrogens with two attached hydrogens (primary N) is 2. The number of nitriles is 1. The van der Waals surface area contributed by atoms with Gasteiger partial charge in [-0.05, 0) is 88.1 Å². The number of pyridine rings is 1. The standard InChI is InChI=1S/C29H25Cl2FN4O.C5H9N.C3H6F3N3/c1-15-19-14-22(23-8-4-12-36(23)29(37)16-9-10-16)35-27(19)20-13-17(5-3-11-33)24(26(32)28(20)34-15)18-6-2-7-21(30)25(18)31;1-4-2-5(1)6-3-4;4-3(5,6)2(7)1-9-8/h2,6-7,13-14,16,23,35H,3-5,8-10,12H2,1H3;4-6H,1-3H2;1,9H,7-8H2/b;;2-1-. The SMILES string of the molecule is C1NC2CC1C2.Cc1nc2c(F)c(-c3cccc(Cl)c3Cl)c(CCC#N)cc2c2[nH]c(C3CCCN3C(=O)C3CC3)cc12.NN/C=C(\N)C(F)(F)F. The van der Waals surface area contributed by atoms with Crippen LogP contribution in [-0.2, 0) is 11.2 Å². The number of aromatic nitrogens is 2. The summed E-state index contributed by atoms with van der Waals surface area (Å²) in [6, 6.07) is 12.2. The summed E-state index contributed by atoms with van der Waals surface area (Å²) in [4.78, 5) is 23.1. The maximum Gasteiger partial charge on any atom is 0.432 e. The number of hydrogen-bond acceptors (Lipinski definition) is 7. The van der Waals surface area contributed by atoms with Gasteiger partial charge in [0.1, 0.15) is 11.2 Å². The van der Waals surface area contributed by atoms with Crippen molar-refractivity contribution < 1.29 is 22.4 Å². The van der Waals surface area contributed by atoms with Gasteiger partial charge < -0.3 is 26.4 Å². The average molecular weight is 760 g/mol. The van der Waals surface area contributed by atoms with E-state index in [1.54, 1.807) is 23.6 Å². The van der Waals surface area contributed by atoms with E-state index in [9.17, 15) is 23.2 Å². The van der Waals surface area contributed by atoms with Gasteiger partial charge in [-0.25, -0.2) is 9.37 Å². The number of rotatable bonds is 6. The lowest BCUT2D eigenvalue weighted by molar-refractivity contribution is -0.133. The molecule has 0 spiro atoms. The van der Waals surface area contributed by atoms with Crippen LogP contribution < -0.4 is 22.3 Å². The van der Waals surface area contributed by atoms with E-state index < -0.39 is 17.7 Å². The molecule has 4 aromatic rings. The van der Waals surface area contributed by atoms with Gasteiger partial charge in [-0.1, -0.05) is 35.3 Å². The van der Waals surface area contributed by atoms with Crippen LogP contribution in [0.3, 0.4) is 0 Å². The van der Waals surface area contributed by atoms with E-state index in [1.807, 2.05) is 17.9 Å². The molecule has 1 amide bonds. The highest BCUT2D eigenvalue weighted by Crippen LogP contribution is 2.43. The van der Waals surface area contributed by atoms with E-state index >= 15 is 4.39 Å². The van der Waals surface area contributed by atoms with Crippen molar-refractivity contribution in [1.29, 1.82) is 5.26 Å². The number of carbonyl (C=O) groups is 1. The number of H-pyrrole nitrogens is 1. The number of aryl methyl sites for hydroxylation is 2. The minimum Gasteiger partial charge on any atom is -0.393 e. The van der Waals surface area contributed by atoms with E-state index in [1.165, 1.54) is 19.4 Å². The van der Waals surface area contributed by atoms with Crippen molar-refractivity contribution in [2.75, 3.05) is 13.1 Å². The van der Waals surface area contributed by atoms with E-state index in [4.69, 9.17) is 23.2 Å². The Morgan fingerprint density at radius 1 is 1.19 bits per heavy atom. The zero-order valence-electron chi connectivity index (χ0n) is 28.5. The minimum absolute atomic E-state index is 0.0117. The number of halogens is 6. The quantitative estimate of drug-likeness (QED) is 0.0764. The highest BCUT2D eigenvalue weighted by Gasteiger charge is 2.39. The normalized spacial score (nSPS) is 20.9. The molecule has 3 saturated heterocycles. The molecular formula is C37H40Cl2F4N8O. The number of nitrogens with zero attached hydrogens (tertiary/aromatic N) is 3. The number of likely N-dealkylation sites (tertiary alicyclic amines) is 1. The van der Waals surface area contributed by atoms with Crippen molar-refractivity contribution in [3.8, 4) is 17.2 Å². The fourth-order valence-corrected chi connectivity index (χ4v) is 7.64. The number of amides is 1. The van der Waals surface area contributed by atoms with Gasteiger partial charge in [-0.15, -0.1) is 0 Å². The Hall–Kier alpha value is -4.09. The van der Waals surface area contributed by atoms with Crippen molar-refractivity contribution in [3.05, 3.63) is 75.0 Å². The average Bonchev–Trinajstić information content (AvgIpc) is 3.50. The van der Waals surface area contributed by atoms with Gasteiger partial charge in [0, 0.05) is 64.4 Å². The summed E-state index contributed by atoms with van der Waals surface area (Å²) < 4.78 is 50.4. The molecule has 2 aromatic carbocycles. The maximum absolute atomic E-state index is 16.3. The Labute approximate surface area is 308 Å². The third kappa shape index (κ3) is 7.81. The van der Waals surface area contributed by atoms with Crippen molar-refractivity contribution in [2.45, 2.75) is 76.6 Å². The molecule has 0 radical (unpaired) electrons. The molecule has 15 heteroatoms. The maximum atomic E-state index is 16.3. The molecule has 5 heterocycles. The second-order valence-corrected chi connectivity index (χ2v) is 14.5. The first-order chi connectivity index (χ1) is 24.8. The van der Waals surface area contributed by atoms with E-state index in [0.29, 0.717) is 45.4 Å². The molecule has 9 nitrogen and oxygen atoms in total. The number of allylic oxidation sites excluding steroid dienone is 1. The molecule has 2 aliphatic carbocycles. The molecule has 52 heavy (non-hydrogen) atoms. The monoisotopic (exact) mass is 758 g/mol. The fraction of sp³-hybridized carbons (Fsp3) is 0.432. The van der Waals surface area contributed by atoms with Gasteiger partial charge in [-0.2, -0.15) is 18.4 Å². The third-order valence-corrected chi connectivity index (χ3v) is 11.0. The summed E-state index contributed by atoms with van der Waals surface area (Å²) in [5.41, 5.74) is 9.05. The largest absolute Gasteiger partial charge is 0.432 e. The lowest BCUT2D eigenvalue weighted by atomic mass is 9.87. The number of aromatic amines is 1. The lowest BCUT2D eigenvalue weighted by Crippen LogP contribution is -2.31. The molecule has 7 N–H and O–H groups in total. The Balaban J connectivity index is 0.000000256. The van der Waals surface area contributed by atoms with Crippen LogP contribution in [-0.4, -0.2) is 46.1 Å². The second kappa shape index (κ2) is 15.5. The third-order valence-electron chi connectivity index (χ3n) is 10.1. The van der Waals surface area contributed by atoms with Crippen LogP contribution in [0.5, 0.6) is 0 Å². The van der Waals surface area contributed by atoms with Crippen LogP contribution in [0.4, 0.5) is 17.6 Å². The molecule has 1 atom stereocenters. The predicted octanol–water partition coefficient (Wildman–Crippen LogP) is 7.85. The highest BCUT2D eigenvalue weighted by molar-refractivity contribution is 6.43. The molecule has 9 rings (SSSR count). The minimum atomic E-state index is -4.49. The van der Waals surface area contributed by atoms with E-state index in [-0.39, 0.29) is 34.8 Å². The molecule has 276 valence electrons. The topological polar surface area (TPSA) is 149 Å². The predicted molar refractivity (Wildman–Crippen MR) is 194 cm³/mol. The summed E-state index contributed by atoms with van der Waals surface area (Å²) in [6.45, 7) is 3.95. The van der Waals surface area contributed by atoms with Crippen molar-refractivity contribution >= 4 is 50.9 Å². The first kappa shape index (κ1) is 37.7. The molecule has 3 aliphatic heterocycles. The Kier molecular flexibility index (Phi) is 11.2. The molecule has 2 saturated carbocycles. The fourth-order valence-electron chi connectivity index (χ4n) is 7.24. The number of alkyl halides is 3. The van der Waals surface area contributed by atoms with Gasteiger partial charge in [0.25, 0.3) is 0 Å². The van der Waals surface area contributed by atoms with Gasteiger partial charge in [0.2, 0.25) is 5.91 Å². The summed E-state index contributed by atoms with van der Waals surface area (Å²) in [5.74, 6) is 5.53. The summed E-state index contributed by atoms with van der Waals surface area (Å²) >= 11 is 12.8. The number of fused-ring (bicyclic) bond motifs is 4. The Bertz CT molecular complexity index is 2040. The van der Waals surface area contributed by atoms with E-state index in [2.05, 4.69) is 39.0 Å². The van der Waals surface area contributed by atoms with Crippen molar-refractivity contribution in [2.24, 2.45) is 23.4 Å². The van der Waals surface area contributed by atoms with Gasteiger partial charge in [0.15, 0.2) is 5.82 Å². The Morgan fingerprint density at radius 3 is 2.52 bits per heavy atom. The molecule has 5 fully saturated rings. The number of benzene rings is 2. The summed E-state index contributed by atoms with van der Waals surface area (Å²) in [6.07, 6.45) is 3.33. The zero-order valence-corrected chi connectivity index (χ0v) is 30.0. The first-order valence-corrected chi connectivity index (χ1v) is 18.1. The van der Waals surface area contributed by atoms with Crippen LogP contribution >= 0.6 is 23.2 Å². The van der Waals surface area contributed by atoms with Crippen LogP contribution in [0.15, 0.2) is 42.2 Å².